The second-order valence-corrected chi connectivity index (χ2v) is 3.17. The molecule has 0 bridgehead atoms. The van der Waals surface area contributed by atoms with Crippen LogP contribution in [0.5, 0.6) is 0 Å². The lowest BCUT2D eigenvalue weighted by atomic mass is 10.3. The summed E-state index contributed by atoms with van der Waals surface area (Å²) in [5.74, 6) is -1.74. The van der Waals surface area contributed by atoms with Gasteiger partial charge in [0.15, 0.2) is 5.84 Å². The van der Waals surface area contributed by atoms with Crippen molar-refractivity contribution in [2.24, 2.45) is 15.3 Å². The van der Waals surface area contributed by atoms with Crippen molar-refractivity contribution in [2.45, 2.75) is 0 Å². The first-order chi connectivity index (χ1) is 5.46. The molecule has 0 saturated carbocycles. The molecular weight excluding hydrogens is 188 g/mol. The molecule has 12 heavy (non-hydrogen) atoms. The Labute approximate surface area is 66.9 Å². The van der Waals surface area contributed by atoms with E-state index < -0.39 is 27.7 Å². The van der Waals surface area contributed by atoms with E-state index in [-0.39, 0.29) is 0 Å². The van der Waals surface area contributed by atoms with Crippen LogP contribution in [-0.4, -0.2) is 31.1 Å². The summed E-state index contributed by atoms with van der Waals surface area (Å²) in [5.41, 5.74) is 4.35. The number of amides is 1. The van der Waals surface area contributed by atoms with Gasteiger partial charge in [0, 0.05) is 0 Å². The summed E-state index contributed by atoms with van der Waals surface area (Å²) < 4.78 is 25.5. The Morgan fingerprint density at radius 2 is 2.17 bits per heavy atom. The molecule has 0 spiro atoms. The van der Waals surface area contributed by atoms with Crippen molar-refractivity contribution in [2.75, 3.05) is 0 Å². The molecule has 1 aliphatic rings. The lowest BCUT2D eigenvalue weighted by molar-refractivity contribution is -0.113. The largest absolute Gasteiger partial charge is 0.410 e. The van der Waals surface area contributed by atoms with Crippen LogP contribution in [0.1, 0.15) is 0 Å². The second kappa shape index (κ2) is 2.44. The fourth-order valence-corrected chi connectivity index (χ4v) is 1.30. The SMILES string of the molecule is NC1=NS(=O)(=O)NC(=O)/C1=N\O. The third-order valence-electron chi connectivity index (χ3n) is 0.998. The Bertz CT molecular complexity index is 379. The van der Waals surface area contributed by atoms with Gasteiger partial charge in [-0.2, -0.15) is 8.42 Å². The molecule has 1 rings (SSSR count). The van der Waals surface area contributed by atoms with E-state index in [0.29, 0.717) is 0 Å². The molecule has 66 valence electrons. The number of rotatable bonds is 0. The summed E-state index contributed by atoms with van der Waals surface area (Å²) in [6, 6.07) is 0. The average Bonchev–Trinajstić information content (AvgIpc) is 1.82. The van der Waals surface area contributed by atoms with Crippen molar-refractivity contribution >= 4 is 27.7 Å². The number of amidine groups is 1. The first-order valence-electron chi connectivity index (χ1n) is 2.61. The minimum Gasteiger partial charge on any atom is -0.410 e. The molecule has 0 unspecified atom stereocenters. The maximum atomic E-state index is 10.7. The zero-order chi connectivity index (χ0) is 9.35. The molecule has 1 amide bonds. The lowest BCUT2D eigenvalue weighted by Crippen LogP contribution is -2.47. The minimum atomic E-state index is -4.05. The van der Waals surface area contributed by atoms with Crippen molar-refractivity contribution in [1.29, 1.82) is 0 Å². The molecule has 0 aliphatic carbocycles. The Balaban J connectivity index is 3.28. The quantitative estimate of drug-likeness (QED) is 0.289. The van der Waals surface area contributed by atoms with E-state index in [1.807, 2.05) is 0 Å². The molecule has 0 aromatic rings. The Morgan fingerprint density at radius 3 is 2.58 bits per heavy atom. The summed E-state index contributed by atoms with van der Waals surface area (Å²) >= 11 is 0. The number of carbonyl (C=O) groups is 1. The van der Waals surface area contributed by atoms with Crippen LogP contribution in [0, 0.1) is 0 Å². The maximum Gasteiger partial charge on any atom is 0.346 e. The van der Waals surface area contributed by atoms with Crippen molar-refractivity contribution in [3.8, 4) is 0 Å². The third kappa shape index (κ3) is 1.34. The molecule has 0 saturated heterocycles. The molecule has 0 aromatic carbocycles. The summed E-state index contributed by atoms with van der Waals surface area (Å²) in [5, 5.41) is 10.6. The molecule has 0 fully saturated rings. The first-order valence-corrected chi connectivity index (χ1v) is 4.05. The third-order valence-corrected chi connectivity index (χ3v) is 1.88. The van der Waals surface area contributed by atoms with Crippen molar-refractivity contribution in [3.05, 3.63) is 0 Å². The van der Waals surface area contributed by atoms with Crippen LogP contribution in [0.25, 0.3) is 0 Å². The van der Waals surface area contributed by atoms with Crippen LogP contribution in [0.4, 0.5) is 0 Å². The molecule has 0 radical (unpaired) electrons. The predicted molar refractivity (Wildman–Crippen MR) is 37.9 cm³/mol. The highest BCUT2D eigenvalue weighted by atomic mass is 32.2. The summed E-state index contributed by atoms with van der Waals surface area (Å²) in [4.78, 5) is 10.7. The fourth-order valence-electron chi connectivity index (χ4n) is 0.574. The highest BCUT2D eigenvalue weighted by Crippen LogP contribution is 1.96. The molecular formula is C3H4N4O4S. The molecule has 0 atom stereocenters. The van der Waals surface area contributed by atoms with Crippen molar-refractivity contribution in [3.63, 3.8) is 0 Å². The van der Waals surface area contributed by atoms with E-state index in [4.69, 9.17) is 10.9 Å². The van der Waals surface area contributed by atoms with Crippen LogP contribution in [0.15, 0.2) is 9.55 Å². The van der Waals surface area contributed by atoms with Crippen LogP contribution >= 0.6 is 0 Å². The molecule has 1 heterocycles. The van der Waals surface area contributed by atoms with Gasteiger partial charge in [0.05, 0.1) is 0 Å². The second-order valence-electron chi connectivity index (χ2n) is 1.83. The lowest BCUT2D eigenvalue weighted by Gasteiger charge is -2.09. The standard InChI is InChI=1S/C3H4N4O4S/c4-2-1(5-9)3(8)7-12(10,11)6-2/h9H,(H2,4,6)(H,7,8)/b5-1-. The smallest absolute Gasteiger partial charge is 0.346 e. The Hall–Kier alpha value is -1.64. The molecule has 8 nitrogen and oxygen atoms in total. The zero-order valence-corrected chi connectivity index (χ0v) is 6.37. The Morgan fingerprint density at radius 1 is 1.58 bits per heavy atom. The first kappa shape index (κ1) is 8.46. The summed E-state index contributed by atoms with van der Waals surface area (Å²) in [6.45, 7) is 0. The van der Waals surface area contributed by atoms with E-state index in [1.54, 1.807) is 0 Å². The fraction of sp³-hybridized carbons (Fsp3) is 0. The van der Waals surface area contributed by atoms with Crippen molar-refractivity contribution < 1.29 is 18.4 Å². The number of hydrogen-bond donors (Lipinski definition) is 3. The summed E-state index contributed by atoms with van der Waals surface area (Å²) in [6.07, 6.45) is 0. The van der Waals surface area contributed by atoms with Gasteiger partial charge in [-0.3, -0.25) is 4.79 Å². The number of nitrogens with zero attached hydrogens (tertiary/aromatic N) is 2. The molecule has 4 N–H and O–H groups in total. The molecule has 1 aliphatic heterocycles. The van der Waals surface area contributed by atoms with Crippen molar-refractivity contribution in [1.82, 2.24) is 4.72 Å². The topological polar surface area (TPSA) is 134 Å². The van der Waals surface area contributed by atoms with Gasteiger partial charge in [0.25, 0.3) is 5.91 Å². The van der Waals surface area contributed by atoms with Gasteiger partial charge in [-0.1, -0.05) is 5.16 Å². The minimum absolute atomic E-state index is 0.621. The van der Waals surface area contributed by atoms with Gasteiger partial charge in [0.1, 0.15) is 0 Å². The van der Waals surface area contributed by atoms with Crippen LogP contribution in [-0.2, 0) is 15.0 Å². The van der Waals surface area contributed by atoms with Gasteiger partial charge in [-0.05, 0) is 0 Å². The number of carbonyl (C=O) groups excluding carboxylic acids is 1. The van der Waals surface area contributed by atoms with Crippen LogP contribution in [0.2, 0.25) is 0 Å². The zero-order valence-electron chi connectivity index (χ0n) is 5.55. The van der Waals surface area contributed by atoms with Gasteiger partial charge in [0.2, 0.25) is 5.71 Å². The predicted octanol–water partition coefficient (Wildman–Crippen LogP) is -2.45. The highest BCUT2D eigenvalue weighted by molar-refractivity contribution is 7.89. The van der Waals surface area contributed by atoms with Gasteiger partial charge >= 0.3 is 10.2 Å². The number of nitrogens with one attached hydrogen (secondary N) is 1. The van der Waals surface area contributed by atoms with Gasteiger partial charge in [-0.25, -0.2) is 4.72 Å². The van der Waals surface area contributed by atoms with E-state index in [2.05, 4.69) is 9.55 Å². The van der Waals surface area contributed by atoms with E-state index in [9.17, 15) is 13.2 Å². The highest BCUT2D eigenvalue weighted by Gasteiger charge is 2.28. The maximum absolute atomic E-state index is 10.7. The number of hydrogen-bond acceptors (Lipinski definition) is 6. The van der Waals surface area contributed by atoms with E-state index >= 15 is 0 Å². The molecule has 0 aromatic heterocycles. The van der Waals surface area contributed by atoms with E-state index in [1.165, 1.54) is 4.72 Å². The van der Waals surface area contributed by atoms with E-state index in [0.717, 1.165) is 0 Å². The summed E-state index contributed by atoms with van der Waals surface area (Å²) in [7, 11) is -4.05. The monoisotopic (exact) mass is 192 g/mol. The van der Waals surface area contributed by atoms with Crippen LogP contribution < -0.4 is 10.5 Å². The van der Waals surface area contributed by atoms with Gasteiger partial charge < -0.3 is 10.9 Å². The van der Waals surface area contributed by atoms with Gasteiger partial charge in [-0.15, -0.1) is 4.40 Å². The Kier molecular flexibility index (Phi) is 1.72. The number of oxime groups is 1. The van der Waals surface area contributed by atoms with Crippen LogP contribution in [0.3, 0.4) is 0 Å². The average molecular weight is 192 g/mol. The molecule has 9 heteroatoms. The number of nitrogens with two attached hydrogens (primary N) is 1. The normalized spacial score (nSPS) is 24.8.